The van der Waals surface area contributed by atoms with Crippen molar-refractivity contribution in [3.63, 3.8) is 0 Å². The molecule has 0 unspecified atom stereocenters. The maximum absolute atomic E-state index is 12.9. The predicted octanol–water partition coefficient (Wildman–Crippen LogP) is 5.11. The van der Waals surface area contributed by atoms with Crippen LogP contribution >= 0.6 is 0 Å². The lowest BCUT2D eigenvalue weighted by molar-refractivity contribution is -0.137. The molecule has 0 radical (unpaired) electrons. The standard InChI is InChI=1S/C25H26F3N7O2/c26-25(27,28)19-3-4-21-17(9-19)10-20(32-21)14-29-5-1-2-7-36-8-6-30-22-11-16(18-13-31-37-15-18)12-23-24(22)34-35-33-23/h3-4,9-13,15,29-30,32H,1-2,5-8,14H2,(H,33,34,35). The first kappa shape index (κ1) is 24.8. The third-order valence-corrected chi connectivity index (χ3v) is 5.97. The first-order chi connectivity index (χ1) is 18.0. The van der Waals surface area contributed by atoms with Crippen LogP contribution in [0.15, 0.2) is 53.4 Å². The van der Waals surface area contributed by atoms with Gasteiger partial charge in [0.15, 0.2) is 0 Å². The lowest BCUT2D eigenvalue weighted by Crippen LogP contribution is -2.16. The number of nitrogens with zero attached hydrogens (tertiary/aromatic N) is 3. The Hall–Kier alpha value is -3.90. The molecule has 0 amide bonds. The summed E-state index contributed by atoms with van der Waals surface area (Å²) in [5.41, 5.74) is 5.13. The quantitative estimate of drug-likeness (QED) is 0.171. The Morgan fingerprint density at radius 1 is 0.973 bits per heavy atom. The van der Waals surface area contributed by atoms with Gasteiger partial charge in [0.05, 0.1) is 29.6 Å². The number of fused-ring (bicyclic) bond motifs is 2. The van der Waals surface area contributed by atoms with Gasteiger partial charge in [-0.3, -0.25) is 5.10 Å². The van der Waals surface area contributed by atoms with Crippen molar-refractivity contribution in [3.8, 4) is 11.1 Å². The van der Waals surface area contributed by atoms with Crippen LogP contribution in [0.25, 0.3) is 33.1 Å². The van der Waals surface area contributed by atoms with E-state index in [0.717, 1.165) is 59.0 Å². The van der Waals surface area contributed by atoms with E-state index in [1.807, 2.05) is 12.1 Å². The maximum Gasteiger partial charge on any atom is 0.416 e. The van der Waals surface area contributed by atoms with Gasteiger partial charge in [-0.15, -0.1) is 5.10 Å². The van der Waals surface area contributed by atoms with Crippen LogP contribution in [0, 0.1) is 0 Å². The van der Waals surface area contributed by atoms with Gasteiger partial charge in [0.25, 0.3) is 0 Å². The van der Waals surface area contributed by atoms with E-state index in [0.29, 0.717) is 37.2 Å². The lowest BCUT2D eigenvalue weighted by Gasteiger charge is -2.09. The number of nitrogens with one attached hydrogen (secondary N) is 4. The molecule has 4 N–H and O–H groups in total. The molecule has 2 aromatic carbocycles. The Bertz CT molecular complexity index is 1440. The Morgan fingerprint density at radius 2 is 1.89 bits per heavy atom. The summed E-state index contributed by atoms with van der Waals surface area (Å²) in [6.45, 7) is 3.13. The van der Waals surface area contributed by atoms with Crippen molar-refractivity contribution in [1.29, 1.82) is 0 Å². The third-order valence-electron chi connectivity index (χ3n) is 5.97. The second kappa shape index (κ2) is 11.0. The van der Waals surface area contributed by atoms with E-state index in [2.05, 4.69) is 36.2 Å². The van der Waals surface area contributed by atoms with Crippen molar-refractivity contribution < 1.29 is 22.4 Å². The maximum atomic E-state index is 12.9. The molecule has 0 saturated carbocycles. The second-order valence-corrected chi connectivity index (χ2v) is 8.66. The van der Waals surface area contributed by atoms with Crippen molar-refractivity contribution >= 4 is 27.6 Å². The first-order valence-corrected chi connectivity index (χ1v) is 11.9. The monoisotopic (exact) mass is 513 g/mol. The molecule has 0 atom stereocenters. The predicted molar refractivity (Wildman–Crippen MR) is 133 cm³/mol. The molecule has 0 bridgehead atoms. The van der Waals surface area contributed by atoms with Crippen LogP contribution in [0.1, 0.15) is 24.1 Å². The van der Waals surface area contributed by atoms with E-state index < -0.39 is 11.7 Å². The summed E-state index contributed by atoms with van der Waals surface area (Å²) in [6, 6.07) is 9.41. The zero-order valence-corrected chi connectivity index (χ0v) is 19.9. The zero-order valence-electron chi connectivity index (χ0n) is 19.9. The highest BCUT2D eigenvalue weighted by Crippen LogP contribution is 2.31. The Balaban J connectivity index is 0.986. The number of anilines is 1. The topological polar surface area (TPSA) is 117 Å². The third kappa shape index (κ3) is 6.09. The van der Waals surface area contributed by atoms with Crippen LogP contribution < -0.4 is 10.6 Å². The van der Waals surface area contributed by atoms with Gasteiger partial charge in [0.2, 0.25) is 0 Å². The van der Waals surface area contributed by atoms with E-state index in [-0.39, 0.29) is 0 Å². The minimum Gasteiger partial charge on any atom is -0.381 e. The molecule has 3 aromatic heterocycles. The van der Waals surface area contributed by atoms with Gasteiger partial charge in [-0.1, -0.05) is 10.4 Å². The number of hydrogen-bond donors (Lipinski definition) is 4. The smallest absolute Gasteiger partial charge is 0.381 e. The fraction of sp³-hybridized carbons (Fsp3) is 0.320. The van der Waals surface area contributed by atoms with Gasteiger partial charge in [-0.25, -0.2) is 0 Å². The Labute approximate surface area is 209 Å². The highest BCUT2D eigenvalue weighted by molar-refractivity contribution is 5.92. The number of hydrogen-bond acceptors (Lipinski definition) is 7. The SMILES string of the molecule is FC(F)(F)c1ccc2[nH]c(CNCCCCOCCNc3cc(-c4cnoc4)cc4[nH]nnc34)cc2c1. The molecule has 12 heteroatoms. The Morgan fingerprint density at radius 3 is 2.73 bits per heavy atom. The summed E-state index contributed by atoms with van der Waals surface area (Å²) in [5, 5.41) is 21.9. The molecule has 194 valence electrons. The largest absolute Gasteiger partial charge is 0.416 e. The van der Waals surface area contributed by atoms with Gasteiger partial charge in [0.1, 0.15) is 11.8 Å². The second-order valence-electron chi connectivity index (χ2n) is 8.66. The average Bonchev–Trinajstić information content (AvgIpc) is 3.64. The molecule has 37 heavy (non-hydrogen) atoms. The van der Waals surface area contributed by atoms with Crippen LogP contribution in [0.2, 0.25) is 0 Å². The summed E-state index contributed by atoms with van der Waals surface area (Å²) in [6.07, 6.45) is 0.715. The number of benzene rings is 2. The highest BCUT2D eigenvalue weighted by Gasteiger charge is 2.30. The van der Waals surface area contributed by atoms with E-state index in [9.17, 15) is 13.2 Å². The number of alkyl halides is 3. The molecule has 3 heterocycles. The summed E-state index contributed by atoms with van der Waals surface area (Å²) < 4.78 is 49.3. The normalized spacial score (nSPS) is 12.1. The van der Waals surface area contributed by atoms with E-state index in [1.54, 1.807) is 18.5 Å². The number of rotatable bonds is 12. The van der Waals surface area contributed by atoms with Gasteiger partial charge in [0, 0.05) is 41.9 Å². The number of aromatic nitrogens is 5. The van der Waals surface area contributed by atoms with Crippen molar-refractivity contribution in [2.75, 3.05) is 31.6 Å². The van der Waals surface area contributed by atoms with Crippen molar-refractivity contribution in [1.82, 2.24) is 30.9 Å². The fourth-order valence-corrected chi connectivity index (χ4v) is 4.11. The number of aromatic amines is 2. The summed E-state index contributed by atoms with van der Waals surface area (Å²) in [7, 11) is 0. The number of unbranched alkanes of at least 4 members (excludes halogenated alkanes) is 1. The molecule has 0 saturated heterocycles. The highest BCUT2D eigenvalue weighted by atomic mass is 19.4. The van der Waals surface area contributed by atoms with E-state index >= 15 is 0 Å². The molecule has 5 rings (SSSR count). The van der Waals surface area contributed by atoms with E-state index in [4.69, 9.17) is 9.26 Å². The van der Waals surface area contributed by atoms with Crippen LogP contribution in [0.4, 0.5) is 18.9 Å². The van der Waals surface area contributed by atoms with Crippen molar-refractivity contribution in [2.45, 2.75) is 25.6 Å². The molecular formula is C25H26F3N7O2. The van der Waals surface area contributed by atoms with Gasteiger partial charge >= 0.3 is 6.18 Å². The minimum absolute atomic E-state index is 0.541. The molecular weight excluding hydrogens is 487 g/mol. The van der Waals surface area contributed by atoms with Crippen LogP contribution in [0.5, 0.6) is 0 Å². The molecule has 0 spiro atoms. The van der Waals surface area contributed by atoms with Gasteiger partial charge in [-0.05, 0) is 61.3 Å². The lowest BCUT2D eigenvalue weighted by atomic mass is 10.1. The summed E-state index contributed by atoms with van der Waals surface area (Å²) in [5.74, 6) is 0. The fourth-order valence-electron chi connectivity index (χ4n) is 4.11. The molecule has 0 aliphatic rings. The number of H-pyrrole nitrogens is 2. The van der Waals surface area contributed by atoms with Gasteiger partial charge in [-0.2, -0.15) is 13.2 Å². The number of ether oxygens (including phenoxy) is 1. The summed E-state index contributed by atoms with van der Waals surface area (Å²) in [4.78, 5) is 3.15. The zero-order chi connectivity index (χ0) is 25.7. The molecule has 9 nitrogen and oxygen atoms in total. The van der Waals surface area contributed by atoms with Crippen LogP contribution in [0.3, 0.4) is 0 Å². The first-order valence-electron chi connectivity index (χ1n) is 11.9. The number of halogens is 3. The van der Waals surface area contributed by atoms with Crippen molar-refractivity contribution in [2.24, 2.45) is 0 Å². The summed E-state index contributed by atoms with van der Waals surface area (Å²) >= 11 is 0. The average molecular weight is 514 g/mol. The Kier molecular flexibility index (Phi) is 7.37. The molecule has 5 aromatic rings. The molecule has 0 aliphatic heterocycles. The van der Waals surface area contributed by atoms with Gasteiger partial charge < -0.3 is 24.9 Å². The molecule has 0 aliphatic carbocycles. The van der Waals surface area contributed by atoms with Crippen molar-refractivity contribution in [3.05, 3.63) is 60.1 Å². The minimum atomic E-state index is -4.34. The van der Waals surface area contributed by atoms with Crippen LogP contribution in [-0.2, 0) is 17.5 Å². The van der Waals surface area contributed by atoms with E-state index in [1.165, 1.54) is 12.1 Å². The molecule has 0 fully saturated rings. The van der Waals surface area contributed by atoms with Crippen LogP contribution in [-0.4, -0.2) is 51.9 Å².